The van der Waals surface area contributed by atoms with E-state index in [9.17, 15) is 4.79 Å². The fourth-order valence-electron chi connectivity index (χ4n) is 3.54. The van der Waals surface area contributed by atoms with Crippen LogP contribution in [0.1, 0.15) is 40.0 Å². The molecule has 3 heterocycles. The lowest BCUT2D eigenvalue weighted by atomic mass is 10.1. The van der Waals surface area contributed by atoms with Gasteiger partial charge < -0.3 is 4.90 Å². The smallest absolute Gasteiger partial charge is 0.257 e. The molecule has 0 spiro atoms. The molecule has 0 saturated carbocycles. The van der Waals surface area contributed by atoms with Crippen LogP contribution in [-0.2, 0) is 6.54 Å². The van der Waals surface area contributed by atoms with Gasteiger partial charge in [-0.05, 0) is 18.9 Å². The van der Waals surface area contributed by atoms with Gasteiger partial charge in [0.05, 0.1) is 17.8 Å². The van der Waals surface area contributed by atoms with Gasteiger partial charge in [0.2, 0.25) is 0 Å². The maximum Gasteiger partial charge on any atom is 0.257 e. The molecule has 2 aromatic heterocycles. The second-order valence-corrected chi connectivity index (χ2v) is 6.82. The lowest BCUT2D eigenvalue weighted by molar-refractivity contribution is 0.0761. The third-order valence-electron chi connectivity index (χ3n) is 4.94. The van der Waals surface area contributed by atoms with Crippen LogP contribution in [0, 0.1) is 6.92 Å². The molecular weight excluding hydrogens is 342 g/mol. The molecule has 1 aliphatic rings. The van der Waals surface area contributed by atoms with Gasteiger partial charge in [0.1, 0.15) is 5.82 Å². The molecule has 1 aromatic carbocycles. The average molecular weight is 365 g/mol. The molecule has 0 bridgehead atoms. The van der Waals surface area contributed by atoms with Gasteiger partial charge in [0.25, 0.3) is 5.91 Å². The zero-order valence-corrected chi connectivity index (χ0v) is 15.3. The highest BCUT2D eigenvalue weighted by molar-refractivity contribution is 5.93. The fraction of sp³-hybridized carbons (Fsp3) is 0.368. The molecule has 1 aliphatic heterocycles. The zero-order chi connectivity index (χ0) is 18.6. The zero-order valence-electron chi connectivity index (χ0n) is 15.3. The van der Waals surface area contributed by atoms with Gasteiger partial charge in [0, 0.05) is 32.4 Å². The molecule has 2 N–H and O–H groups in total. The van der Waals surface area contributed by atoms with Crippen LogP contribution in [0.4, 0.5) is 0 Å². The number of rotatable bonds is 4. The number of H-pyrrole nitrogens is 2. The minimum absolute atomic E-state index is 0.00947. The summed E-state index contributed by atoms with van der Waals surface area (Å²) in [4.78, 5) is 21.5. The van der Waals surface area contributed by atoms with Crippen molar-refractivity contribution in [3.05, 3.63) is 65.5 Å². The predicted octanol–water partition coefficient (Wildman–Crippen LogP) is 1.93. The summed E-state index contributed by atoms with van der Waals surface area (Å²) >= 11 is 0. The number of benzene rings is 1. The molecule has 140 valence electrons. The molecule has 8 nitrogen and oxygen atoms in total. The average Bonchev–Trinajstić information content (AvgIpc) is 3.32. The van der Waals surface area contributed by atoms with Crippen molar-refractivity contribution in [3.63, 3.8) is 0 Å². The van der Waals surface area contributed by atoms with E-state index in [4.69, 9.17) is 0 Å². The van der Waals surface area contributed by atoms with Crippen molar-refractivity contribution >= 4 is 5.91 Å². The topological polar surface area (TPSA) is 93.8 Å². The maximum atomic E-state index is 12.7. The largest absolute Gasteiger partial charge is 0.337 e. The Balaban J connectivity index is 1.56. The van der Waals surface area contributed by atoms with Crippen LogP contribution in [0.25, 0.3) is 0 Å². The molecule has 1 unspecified atom stereocenters. The van der Waals surface area contributed by atoms with Crippen LogP contribution in [0.5, 0.6) is 0 Å². The minimum Gasteiger partial charge on any atom is -0.337 e. The van der Waals surface area contributed by atoms with Crippen molar-refractivity contribution in [2.45, 2.75) is 25.9 Å². The summed E-state index contributed by atoms with van der Waals surface area (Å²) in [6.45, 7) is 4.79. The van der Waals surface area contributed by atoms with Crippen molar-refractivity contribution in [1.29, 1.82) is 0 Å². The van der Waals surface area contributed by atoms with Crippen molar-refractivity contribution in [2.24, 2.45) is 0 Å². The molecule has 27 heavy (non-hydrogen) atoms. The number of nitrogens with one attached hydrogen (secondary N) is 2. The Labute approximate surface area is 157 Å². The Bertz CT molecular complexity index is 875. The van der Waals surface area contributed by atoms with E-state index in [1.807, 2.05) is 30.0 Å². The van der Waals surface area contributed by atoms with Gasteiger partial charge in [-0.25, -0.2) is 4.98 Å². The Morgan fingerprint density at radius 3 is 2.78 bits per heavy atom. The van der Waals surface area contributed by atoms with Crippen molar-refractivity contribution in [3.8, 4) is 0 Å². The Morgan fingerprint density at radius 1 is 1.22 bits per heavy atom. The SMILES string of the molecule is Cc1nc(C2CCN(C(=O)c3cn[nH]c3)CCN2Cc2ccccc2)n[nH]1. The lowest BCUT2D eigenvalue weighted by Gasteiger charge is -2.27. The molecule has 4 rings (SSSR count). The van der Waals surface area contributed by atoms with Gasteiger partial charge >= 0.3 is 0 Å². The summed E-state index contributed by atoms with van der Waals surface area (Å²) in [7, 11) is 0. The van der Waals surface area contributed by atoms with E-state index in [0.717, 1.165) is 31.2 Å². The molecule has 1 fully saturated rings. The Hall–Kier alpha value is -3.00. The van der Waals surface area contributed by atoms with Crippen molar-refractivity contribution < 1.29 is 4.79 Å². The first kappa shape index (κ1) is 17.4. The first-order valence-corrected chi connectivity index (χ1v) is 9.15. The molecule has 8 heteroatoms. The summed E-state index contributed by atoms with van der Waals surface area (Å²) in [5.41, 5.74) is 1.83. The quantitative estimate of drug-likeness (QED) is 0.737. The summed E-state index contributed by atoms with van der Waals surface area (Å²) < 4.78 is 0. The monoisotopic (exact) mass is 365 g/mol. The highest BCUT2D eigenvalue weighted by Gasteiger charge is 2.30. The van der Waals surface area contributed by atoms with E-state index >= 15 is 0 Å². The second kappa shape index (κ2) is 7.71. The molecule has 3 aromatic rings. The molecule has 0 aliphatic carbocycles. The molecule has 0 radical (unpaired) electrons. The fourth-order valence-corrected chi connectivity index (χ4v) is 3.54. The molecule has 1 atom stereocenters. The minimum atomic E-state index is 0.00947. The second-order valence-electron chi connectivity index (χ2n) is 6.82. The number of carbonyl (C=O) groups is 1. The van der Waals surface area contributed by atoms with Crippen LogP contribution in [-0.4, -0.2) is 60.7 Å². The number of nitrogens with zero attached hydrogens (tertiary/aromatic N) is 5. The number of aromatic amines is 2. The van der Waals surface area contributed by atoms with Crippen molar-refractivity contribution in [2.75, 3.05) is 19.6 Å². The van der Waals surface area contributed by atoms with E-state index in [2.05, 4.69) is 42.4 Å². The van der Waals surface area contributed by atoms with Gasteiger partial charge in [-0.15, -0.1) is 0 Å². The number of amides is 1. The molecule has 1 amide bonds. The molecule has 1 saturated heterocycles. The molecular formula is C19H23N7O. The van der Waals surface area contributed by atoms with Gasteiger partial charge in [-0.3, -0.25) is 19.9 Å². The first-order chi connectivity index (χ1) is 13.2. The Kier molecular flexibility index (Phi) is 4.97. The highest BCUT2D eigenvalue weighted by atomic mass is 16.2. The third kappa shape index (κ3) is 3.90. The normalized spacial score (nSPS) is 18.4. The van der Waals surface area contributed by atoms with Crippen LogP contribution >= 0.6 is 0 Å². The summed E-state index contributed by atoms with van der Waals surface area (Å²) in [6, 6.07) is 10.4. The van der Waals surface area contributed by atoms with E-state index in [-0.39, 0.29) is 11.9 Å². The third-order valence-corrected chi connectivity index (χ3v) is 4.94. The van der Waals surface area contributed by atoms with E-state index in [1.165, 1.54) is 5.56 Å². The number of aromatic nitrogens is 5. The van der Waals surface area contributed by atoms with Gasteiger partial charge in [0.15, 0.2) is 5.82 Å². The van der Waals surface area contributed by atoms with Crippen LogP contribution < -0.4 is 0 Å². The maximum absolute atomic E-state index is 12.7. The summed E-state index contributed by atoms with van der Waals surface area (Å²) in [6.07, 6.45) is 4.00. The summed E-state index contributed by atoms with van der Waals surface area (Å²) in [5, 5.41) is 13.9. The van der Waals surface area contributed by atoms with Crippen LogP contribution in [0.3, 0.4) is 0 Å². The van der Waals surface area contributed by atoms with E-state index < -0.39 is 0 Å². The van der Waals surface area contributed by atoms with Gasteiger partial charge in [-0.1, -0.05) is 30.3 Å². The van der Waals surface area contributed by atoms with Gasteiger partial charge in [-0.2, -0.15) is 10.2 Å². The van der Waals surface area contributed by atoms with Crippen LogP contribution in [0.15, 0.2) is 42.7 Å². The Morgan fingerprint density at radius 2 is 2.07 bits per heavy atom. The first-order valence-electron chi connectivity index (χ1n) is 9.15. The van der Waals surface area contributed by atoms with Crippen LogP contribution in [0.2, 0.25) is 0 Å². The number of hydrogen-bond donors (Lipinski definition) is 2. The standard InChI is InChI=1S/C19H23N7O/c1-14-22-18(24-23-14)17-7-8-25(19(27)16-11-20-21-12-16)9-10-26(17)13-15-5-3-2-4-6-15/h2-6,11-12,17H,7-10,13H2,1H3,(H,20,21)(H,22,23,24). The summed E-state index contributed by atoms with van der Waals surface area (Å²) in [5.74, 6) is 1.61. The lowest BCUT2D eigenvalue weighted by Crippen LogP contribution is -2.35. The highest BCUT2D eigenvalue weighted by Crippen LogP contribution is 2.26. The predicted molar refractivity (Wildman–Crippen MR) is 99.8 cm³/mol. The van der Waals surface area contributed by atoms with Crippen molar-refractivity contribution in [1.82, 2.24) is 35.2 Å². The number of aryl methyl sites for hydroxylation is 1. The number of hydrogen-bond acceptors (Lipinski definition) is 5. The van der Waals surface area contributed by atoms with E-state index in [1.54, 1.807) is 12.4 Å². The number of carbonyl (C=O) groups excluding carboxylic acids is 1. The van der Waals surface area contributed by atoms with E-state index in [0.29, 0.717) is 18.7 Å².